The van der Waals surface area contributed by atoms with Crippen LogP contribution in [0.2, 0.25) is 0 Å². The van der Waals surface area contributed by atoms with Crippen molar-refractivity contribution in [3.05, 3.63) is 0 Å². The molecule has 6 nitrogen and oxygen atoms in total. The van der Waals surface area contributed by atoms with Crippen LogP contribution in [0, 0.1) is 0 Å². The second kappa shape index (κ2) is 17.8. The van der Waals surface area contributed by atoms with Crippen molar-refractivity contribution in [1.29, 1.82) is 0 Å². The molecule has 0 fully saturated rings. The molecule has 0 unspecified atom stereocenters. The Kier molecular flexibility index (Phi) is 16.6. The lowest BCUT2D eigenvalue weighted by Crippen LogP contribution is -2.33. The summed E-state index contributed by atoms with van der Waals surface area (Å²) in [5.74, 6) is -0.337. The summed E-state index contributed by atoms with van der Waals surface area (Å²) in [6.07, 6.45) is 16.3. The predicted molar refractivity (Wildman–Crippen MR) is 101 cm³/mol. The first-order chi connectivity index (χ1) is 11.7. The fourth-order valence-electron chi connectivity index (χ4n) is 2.23. The number of carbonyl (C=O) groups is 1. The highest BCUT2D eigenvalue weighted by Gasteiger charge is 2.02. The monoisotopic (exact) mass is 340 g/mol. The number of rotatable bonds is 14. The van der Waals surface area contributed by atoms with Gasteiger partial charge in [-0.25, -0.2) is 4.79 Å². The van der Waals surface area contributed by atoms with Crippen molar-refractivity contribution < 1.29 is 9.63 Å². The average molecular weight is 341 g/mol. The van der Waals surface area contributed by atoms with E-state index < -0.39 is 0 Å². The molecule has 0 heterocycles. The van der Waals surface area contributed by atoms with E-state index in [1.165, 1.54) is 44.9 Å². The van der Waals surface area contributed by atoms with Gasteiger partial charge in [-0.3, -0.25) is 0 Å². The summed E-state index contributed by atoms with van der Waals surface area (Å²) < 4.78 is 0. The molecule has 0 aliphatic rings. The summed E-state index contributed by atoms with van der Waals surface area (Å²) in [6.45, 7) is 4.32. The van der Waals surface area contributed by atoms with Gasteiger partial charge >= 0.3 is 5.97 Å². The number of nitrogens with one attached hydrogen (secondary N) is 1. The van der Waals surface area contributed by atoms with Crippen LogP contribution in [0.5, 0.6) is 0 Å². The van der Waals surface area contributed by atoms with E-state index in [-0.39, 0.29) is 11.9 Å². The van der Waals surface area contributed by atoms with Crippen molar-refractivity contribution in [3.8, 4) is 0 Å². The zero-order chi connectivity index (χ0) is 17.9. The molecule has 0 rings (SSSR count). The van der Waals surface area contributed by atoms with Gasteiger partial charge in [-0.1, -0.05) is 71.6 Å². The van der Waals surface area contributed by atoms with Gasteiger partial charge in [0.05, 0.1) is 0 Å². The first-order valence-corrected chi connectivity index (χ1v) is 9.51. The van der Waals surface area contributed by atoms with Crippen molar-refractivity contribution in [2.75, 3.05) is 0 Å². The summed E-state index contributed by atoms with van der Waals surface area (Å²) >= 11 is 0. The Balaban J connectivity index is 3.52. The van der Waals surface area contributed by atoms with Gasteiger partial charge in [0.25, 0.3) is 0 Å². The van der Waals surface area contributed by atoms with Crippen LogP contribution in [-0.4, -0.2) is 18.1 Å². The highest BCUT2D eigenvalue weighted by molar-refractivity contribution is 5.79. The second-order valence-corrected chi connectivity index (χ2v) is 6.08. The highest BCUT2D eigenvalue weighted by Crippen LogP contribution is 2.08. The van der Waals surface area contributed by atoms with Gasteiger partial charge in [0.1, 0.15) is 0 Å². The molecular weight excluding hydrogens is 304 g/mol. The van der Waals surface area contributed by atoms with E-state index >= 15 is 0 Å². The minimum Gasteiger partial charge on any atom is -0.366 e. The van der Waals surface area contributed by atoms with Gasteiger partial charge in [0, 0.05) is 12.6 Å². The van der Waals surface area contributed by atoms with Crippen LogP contribution in [0.1, 0.15) is 97.3 Å². The topological polar surface area (TPSA) is 89.1 Å². The lowest BCUT2D eigenvalue weighted by atomic mass is 10.1. The van der Waals surface area contributed by atoms with E-state index in [4.69, 9.17) is 10.6 Å². The number of carbonyl (C=O) groups excluding carboxylic acids is 1. The molecule has 0 atom stereocenters. The summed E-state index contributed by atoms with van der Waals surface area (Å²) in [7, 11) is 0. The maximum atomic E-state index is 11.3. The molecule has 6 heteroatoms. The van der Waals surface area contributed by atoms with E-state index in [0.717, 1.165) is 32.1 Å². The van der Waals surface area contributed by atoms with Gasteiger partial charge in [-0.15, -0.1) is 5.10 Å². The fourth-order valence-corrected chi connectivity index (χ4v) is 2.23. The first-order valence-electron chi connectivity index (χ1n) is 9.51. The molecule has 0 aromatic carbocycles. The Labute approximate surface area is 147 Å². The summed E-state index contributed by atoms with van der Waals surface area (Å²) in [6, 6.07) is 0. The molecule has 0 saturated heterocycles. The third kappa shape index (κ3) is 16.8. The van der Waals surface area contributed by atoms with E-state index in [1.54, 1.807) is 6.21 Å². The second-order valence-electron chi connectivity index (χ2n) is 6.08. The first kappa shape index (κ1) is 22.4. The lowest BCUT2D eigenvalue weighted by molar-refractivity contribution is -0.148. The van der Waals surface area contributed by atoms with Gasteiger partial charge in [-0.2, -0.15) is 10.6 Å². The van der Waals surface area contributed by atoms with Crippen LogP contribution in [0.4, 0.5) is 0 Å². The van der Waals surface area contributed by atoms with Crippen LogP contribution in [0.25, 0.3) is 0 Å². The molecule has 0 saturated carbocycles. The van der Waals surface area contributed by atoms with Crippen LogP contribution < -0.4 is 11.2 Å². The molecule has 0 radical (unpaired) electrons. The van der Waals surface area contributed by atoms with Crippen molar-refractivity contribution in [3.63, 3.8) is 0 Å². The molecule has 3 N–H and O–H groups in total. The van der Waals surface area contributed by atoms with E-state index in [2.05, 4.69) is 29.5 Å². The standard InChI is InChI=1S/C18H36N4O2/c1-3-5-7-8-9-10-11-12-14-16-20-21-18(19)22-24-17(23)15-13-6-4-2/h16H,3-15H2,1-2H3,(H3,19,21,22). The van der Waals surface area contributed by atoms with Crippen LogP contribution in [-0.2, 0) is 9.63 Å². The number of unbranched alkanes of at least 4 members (excludes halogenated alkanes) is 10. The van der Waals surface area contributed by atoms with Crippen molar-refractivity contribution in [2.45, 2.75) is 97.3 Å². The largest absolute Gasteiger partial charge is 0.366 e. The van der Waals surface area contributed by atoms with Crippen LogP contribution in [0.15, 0.2) is 10.2 Å². The zero-order valence-corrected chi connectivity index (χ0v) is 15.6. The van der Waals surface area contributed by atoms with E-state index in [9.17, 15) is 4.79 Å². The summed E-state index contributed by atoms with van der Waals surface area (Å²) in [5.41, 5.74) is 7.85. The Morgan fingerprint density at radius 1 is 0.958 bits per heavy atom. The molecule has 0 aromatic heterocycles. The van der Waals surface area contributed by atoms with Gasteiger partial charge in [-0.05, 0) is 19.3 Å². The Morgan fingerprint density at radius 3 is 2.21 bits per heavy atom. The SMILES string of the molecule is CCCCCCCCCCC=NN=C(N)NOC(=O)CCCCC. The minimum absolute atomic E-state index is 0.00832. The Morgan fingerprint density at radius 2 is 1.54 bits per heavy atom. The van der Waals surface area contributed by atoms with Crippen molar-refractivity contribution >= 4 is 18.1 Å². The van der Waals surface area contributed by atoms with E-state index in [0.29, 0.717) is 6.42 Å². The molecule has 140 valence electrons. The third-order valence-corrected chi connectivity index (χ3v) is 3.69. The van der Waals surface area contributed by atoms with Crippen molar-refractivity contribution in [2.24, 2.45) is 15.9 Å². The van der Waals surface area contributed by atoms with Gasteiger partial charge < -0.3 is 10.6 Å². The third-order valence-electron chi connectivity index (χ3n) is 3.69. The molecule has 0 amide bonds. The molecule has 0 aliphatic heterocycles. The van der Waals surface area contributed by atoms with Gasteiger partial charge in [0.2, 0.25) is 5.96 Å². The van der Waals surface area contributed by atoms with Crippen LogP contribution in [0.3, 0.4) is 0 Å². The van der Waals surface area contributed by atoms with Gasteiger partial charge in [0.15, 0.2) is 0 Å². The normalized spacial score (nSPS) is 11.8. The summed E-state index contributed by atoms with van der Waals surface area (Å²) in [4.78, 5) is 16.1. The number of hydroxylamine groups is 1. The number of guanidine groups is 1. The number of hydrogen-bond donors (Lipinski definition) is 2. The van der Waals surface area contributed by atoms with Crippen LogP contribution >= 0.6 is 0 Å². The minimum atomic E-state index is -0.329. The predicted octanol–water partition coefficient (Wildman–Crippen LogP) is 4.45. The Bertz CT molecular complexity index is 357. The maximum absolute atomic E-state index is 11.3. The molecule has 0 bridgehead atoms. The molecule has 0 aliphatic carbocycles. The number of nitrogens with zero attached hydrogens (tertiary/aromatic N) is 2. The maximum Gasteiger partial charge on any atom is 0.332 e. The van der Waals surface area contributed by atoms with E-state index in [1.807, 2.05) is 0 Å². The lowest BCUT2D eigenvalue weighted by Gasteiger charge is -2.04. The quantitative estimate of drug-likeness (QED) is 0.212. The Hall–Kier alpha value is -1.59. The molecule has 0 spiro atoms. The number of nitrogens with two attached hydrogens (primary N) is 1. The fraction of sp³-hybridized carbons (Fsp3) is 0.833. The molecule has 0 aromatic rings. The molecular formula is C18H36N4O2. The van der Waals surface area contributed by atoms with Crippen molar-refractivity contribution in [1.82, 2.24) is 5.48 Å². The molecule has 24 heavy (non-hydrogen) atoms. The highest BCUT2D eigenvalue weighted by atomic mass is 16.7. The number of hydrogen-bond acceptors (Lipinski definition) is 4. The smallest absolute Gasteiger partial charge is 0.332 e. The zero-order valence-electron chi connectivity index (χ0n) is 15.6. The average Bonchev–Trinajstić information content (AvgIpc) is 2.58. The summed E-state index contributed by atoms with van der Waals surface area (Å²) in [5, 5.41) is 7.60.